The van der Waals surface area contributed by atoms with Crippen LogP contribution in [0.3, 0.4) is 0 Å². The van der Waals surface area contributed by atoms with E-state index in [-0.39, 0.29) is 24.2 Å². The van der Waals surface area contributed by atoms with Gasteiger partial charge in [-0.2, -0.15) is 24.9 Å². The van der Waals surface area contributed by atoms with Gasteiger partial charge in [0.2, 0.25) is 0 Å². The van der Waals surface area contributed by atoms with Crippen LogP contribution in [0, 0.1) is 12.3 Å². The van der Waals surface area contributed by atoms with Gasteiger partial charge in [0.1, 0.15) is 6.04 Å². The molecular weight excluding hydrogens is 327 g/mol. The van der Waals surface area contributed by atoms with Crippen molar-refractivity contribution in [3.63, 3.8) is 0 Å². The third-order valence-electron chi connectivity index (χ3n) is 3.32. The zero-order valence-corrected chi connectivity index (χ0v) is 13.2. The summed E-state index contributed by atoms with van der Waals surface area (Å²) in [6.07, 6.45) is 1.01. The topological polar surface area (TPSA) is 63.3 Å². The number of carboxylic acids is 1. The van der Waals surface area contributed by atoms with Crippen molar-refractivity contribution in [1.82, 2.24) is 0 Å². The van der Waals surface area contributed by atoms with Gasteiger partial charge in [-0.05, 0) is 42.0 Å². The average molecular weight is 345 g/mol. The molecule has 3 nitrogen and oxygen atoms in total. The summed E-state index contributed by atoms with van der Waals surface area (Å²) in [5.41, 5.74) is 6.05. The van der Waals surface area contributed by atoms with E-state index in [0.29, 0.717) is 11.3 Å². The predicted molar refractivity (Wildman–Crippen MR) is 85.3 cm³/mol. The summed E-state index contributed by atoms with van der Waals surface area (Å²) in [4.78, 5) is 10.5. The van der Waals surface area contributed by atoms with Gasteiger partial charge in [0, 0.05) is 5.56 Å². The Morgan fingerprint density at radius 1 is 1.26 bits per heavy atom. The number of carbonyl (C=O) groups is 1. The van der Waals surface area contributed by atoms with Gasteiger partial charge >= 0.3 is 12.1 Å². The summed E-state index contributed by atoms with van der Waals surface area (Å²) in [6.45, 7) is 0. The maximum atomic E-state index is 13.2. The Labute approximate surface area is 137 Å². The van der Waals surface area contributed by atoms with Crippen LogP contribution in [0.5, 0.6) is 0 Å². The molecule has 0 saturated carbocycles. The highest BCUT2D eigenvalue weighted by molar-refractivity contribution is 7.99. The van der Waals surface area contributed by atoms with E-state index in [9.17, 15) is 18.0 Å². The molecule has 0 aliphatic heterocycles. The SMILES string of the molecule is C#Cc1ccc(C(CCSCCC(N)C(=O)O)C(F)(F)F)cc1. The van der Waals surface area contributed by atoms with Crippen molar-refractivity contribution >= 4 is 17.7 Å². The highest BCUT2D eigenvalue weighted by Crippen LogP contribution is 2.38. The molecule has 23 heavy (non-hydrogen) atoms. The molecule has 0 heterocycles. The van der Waals surface area contributed by atoms with Gasteiger partial charge in [-0.1, -0.05) is 18.1 Å². The summed E-state index contributed by atoms with van der Waals surface area (Å²) < 4.78 is 39.6. The van der Waals surface area contributed by atoms with E-state index in [1.807, 2.05) is 0 Å². The number of halogens is 3. The van der Waals surface area contributed by atoms with Crippen molar-refractivity contribution in [3.8, 4) is 12.3 Å². The molecule has 0 saturated heterocycles. The summed E-state index contributed by atoms with van der Waals surface area (Å²) in [5.74, 6) is 0.384. The smallest absolute Gasteiger partial charge is 0.395 e. The third-order valence-corrected chi connectivity index (χ3v) is 4.36. The summed E-state index contributed by atoms with van der Waals surface area (Å²) in [5, 5.41) is 8.63. The molecule has 0 radical (unpaired) electrons. The fourth-order valence-corrected chi connectivity index (χ4v) is 3.00. The van der Waals surface area contributed by atoms with Crippen molar-refractivity contribution in [2.24, 2.45) is 5.73 Å². The number of nitrogens with two attached hydrogens (primary N) is 1. The lowest BCUT2D eigenvalue weighted by Crippen LogP contribution is -2.30. The Hall–Kier alpha value is -1.65. The lowest BCUT2D eigenvalue weighted by molar-refractivity contribution is -0.150. The van der Waals surface area contributed by atoms with Crippen LogP contribution >= 0.6 is 11.8 Å². The minimum Gasteiger partial charge on any atom is -0.480 e. The van der Waals surface area contributed by atoms with E-state index >= 15 is 0 Å². The minimum absolute atomic E-state index is 0.0775. The Kier molecular flexibility index (Phi) is 7.46. The van der Waals surface area contributed by atoms with Crippen LogP contribution in [0.25, 0.3) is 0 Å². The largest absolute Gasteiger partial charge is 0.480 e. The average Bonchev–Trinajstić information content (AvgIpc) is 2.49. The van der Waals surface area contributed by atoms with Gasteiger partial charge in [0.25, 0.3) is 0 Å². The van der Waals surface area contributed by atoms with Crippen molar-refractivity contribution < 1.29 is 23.1 Å². The minimum atomic E-state index is -4.34. The molecule has 0 fully saturated rings. The number of carboxylic acid groups (broad SMARTS) is 1. The number of hydrogen-bond donors (Lipinski definition) is 2. The molecule has 0 spiro atoms. The first kappa shape index (κ1) is 19.4. The van der Waals surface area contributed by atoms with Crippen LogP contribution in [-0.4, -0.2) is 34.8 Å². The Balaban J connectivity index is 2.56. The van der Waals surface area contributed by atoms with Crippen LogP contribution in [0.1, 0.15) is 29.9 Å². The number of benzene rings is 1. The molecule has 0 aliphatic rings. The number of hydrogen-bond acceptors (Lipinski definition) is 3. The van der Waals surface area contributed by atoms with Crippen molar-refractivity contribution in [2.75, 3.05) is 11.5 Å². The number of thioether (sulfide) groups is 1. The molecule has 1 rings (SSSR count). The second-order valence-corrected chi connectivity index (χ2v) is 6.22. The first-order valence-electron chi connectivity index (χ1n) is 6.95. The molecule has 2 atom stereocenters. The molecule has 7 heteroatoms. The molecule has 2 unspecified atom stereocenters. The van der Waals surface area contributed by atoms with Crippen LogP contribution < -0.4 is 5.73 Å². The Morgan fingerprint density at radius 3 is 2.30 bits per heavy atom. The van der Waals surface area contributed by atoms with Gasteiger partial charge in [-0.15, -0.1) is 6.42 Å². The molecule has 126 valence electrons. The van der Waals surface area contributed by atoms with E-state index in [2.05, 4.69) is 5.92 Å². The molecular formula is C16H18F3NO2S. The molecule has 0 bridgehead atoms. The van der Waals surface area contributed by atoms with Gasteiger partial charge in [0.15, 0.2) is 0 Å². The molecule has 0 aromatic heterocycles. The molecule has 0 amide bonds. The predicted octanol–water partition coefficient (Wildman–Crippen LogP) is 3.24. The zero-order valence-electron chi connectivity index (χ0n) is 12.3. The fourth-order valence-electron chi connectivity index (χ4n) is 1.97. The molecule has 1 aromatic carbocycles. The number of alkyl halides is 3. The highest BCUT2D eigenvalue weighted by Gasteiger charge is 2.40. The fraction of sp³-hybridized carbons (Fsp3) is 0.438. The maximum Gasteiger partial charge on any atom is 0.395 e. The third kappa shape index (κ3) is 6.55. The number of rotatable bonds is 8. The van der Waals surface area contributed by atoms with Gasteiger partial charge < -0.3 is 10.8 Å². The van der Waals surface area contributed by atoms with Crippen LogP contribution in [-0.2, 0) is 4.79 Å². The molecule has 0 aliphatic carbocycles. The lowest BCUT2D eigenvalue weighted by Gasteiger charge is -2.20. The van der Waals surface area contributed by atoms with Gasteiger partial charge in [0.05, 0.1) is 5.92 Å². The monoisotopic (exact) mass is 345 g/mol. The van der Waals surface area contributed by atoms with Crippen LogP contribution in [0.2, 0.25) is 0 Å². The summed E-state index contributed by atoms with van der Waals surface area (Å²) >= 11 is 1.27. The van der Waals surface area contributed by atoms with Crippen molar-refractivity contribution in [1.29, 1.82) is 0 Å². The molecule has 1 aromatic rings. The first-order valence-corrected chi connectivity index (χ1v) is 8.10. The molecule has 3 N–H and O–H groups in total. The van der Waals surface area contributed by atoms with Gasteiger partial charge in [-0.25, -0.2) is 0 Å². The second kappa shape index (κ2) is 8.85. The van der Waals surface area contributed by atoms with Crippen molar-refractivity contribution in [2.45, 2.75) is 31.0 Å². The quantitative estimate of drug-likeness (QED) is 0.561. The highest BCUT2D eigenvalue weighted by atomic mass is 32.2. The Bertz CT molecular complexity index is 552. The Morgan fingerprint density at radius 2 is 1.83 bits per heavy atom. The number of aliphatic carboxylic acids is 1. The van der Waals surface area contributed by atoms with E-state index < -0.39 is 24.1 Å². The first-order chi connectivity index (χ1) is 10.8. The van der Waals surface area contributed by atoms with E-state index in [0.717, 1.165) is 0 Å². The van der Waals surface area contributed by atoms with E-state index in [1.54, 1.807) is 0 Å². The van der Waals surface area contributed by atoms with E-state index in [1.165, 1.54) is 36.0 Å². The van der Waals surface area contributed by atoms with Gasteiger partial charge in [-0.3, -0.25) is 4.79 Å². The zero-order chi connectivity index (χ0) is 17.5. The van der Waals surface area contributed by atoms with Crippen LogP contribution in [0.4, 0.5) is 13.2 Å². The van der Waals surface area contributed by atoms with E-state index in [4.69, 9.17) is 17.3 Å². The summed E-state index contributed by atoms with van der Waals surface area (Å²) in [7, 11) is 0. The summed E-state index contributed by atoms with van der Waals surface area (Å²) in [6, 6.07) is 4.81. The maximum absolute atomic E-state index is 13.2. The number of terminal acetylenes is 1. The lowest BCUT2D eigenvalue weighted by atomic mass is 9.95. The normalized spacial score (nSPS) is 14.0. The second-order valence-electron chi connectivity index (χ2n) is 4.99. The van der Waals surface area contributed by atoms with Crippen molar-refractivity contribution in [3.05, 3.63) is 35.4 Å². The standard InChI is InChI=1S/C16H18F3NO2S/c1-2-11-3-5-12(6-4-11)13(16(17,18)19)7-9-23-10-8-14(20)15(21)22/h1,3-6,13-14H,7-10,20H2,(H,21,22). The van der Waals surface area contributed by atoms with Crippen LogP contribution in [0.15, 0.2) is 24.3 Å².